The summed E-state index contributed by atoms with van der Waals surface area (Å²) >= 11 is 0. The summed E-state index contributed by atoms with van der Waals surface area (Å²) in [6.45, 7) is 2.14. The Bertz CT molecular complexity index is 456. The Kier molecular flexibility index (Phi) is 2.87. The van der Waals surface area contributed by atoms with Crippen LogP contribution in [0, 0.1) is 11.6 Å². The molecule has 0 aromatic heterocycles. The van der Waals surface area contributed by atoms with E-state index in [1.807, 2.05) is 6.92 Å². The summed E-state index contributed by atoms with van der Waals surface area (Å²) in [5.74, 6) is -1.98. The molecule has 3 nitrogen and oxygen atoms in total. The maximum atomic E-state index is 13.3. The van der Waals surface area contributed by atoms with Gasteiger partial charge >= 0.3 is 0 Å². The van der Waals surface area contributed by atoms with Crippen LogP contribution in [0.25, 0.3) is 0 Å². The molecule has 1 aromatic carbocycles. The van der Waals surface area contributed by atoms with Gasteiger partial charge in [-0.05, 0) is 24.6 Å². The number of amides is 1. The van der Waals surface area contributed by atoms with Crippen molar-refractivity contribution in [2.24, 2.45) is 0 Å². The Balaban J connectivity index is 2.14. The average Bonchev–Trinajstić information content (AvgIpc) is 2.27. The van der Waals surface area contributed by atoms with Gasteiger partial charge in [0.05, 0.1) is 24.3 Å². The van der Waals surface area contributed by atoms with Crippen LogP contribution in [0.3, 0.4) is 0 Å². The maximum Gasteiger partial charge on any atom is 0.257 e. The first-order chi connectivity index (χ1) is 7.95. The van der Waals surface area contributed by atoms with Gasteiger partial charge in [-0.15, -0.1) is 0 Å². The van der Waals surface area contributed by atoms with Crippen LogP contribution < -0.4 is 0 Å². The van der Waals surface area contributed by atoms with Crippen LogP contribution in [0.4, 0.5) is 8.78 Å². The molecule has 1 fully saturated rings. The highest BCUT2D eigenvalue weighted by atomic mass is 19.1. The number of β-amino-alcohol motifs (C(OH)–C–C–N with tert-alkyl or cyclic N) is 1. The first-order valence-electron chi connectivity index (χ1n) is 5.42. The smallest absolute Gasteiger partial charge is 0.257 e. The molecule has 1 aromatic rings. The molecular formula is C12H13F2NO2. The second kappa shape index (κ2) is 4.07. The number of halogens is 2. The fourth-order valence-electron chi connectivity index (χ4n) is 1.86. The molecule has 1 aliphatic rings. The van der Waals surface area contributed by atoms with Gasteiger partial charge in [0.2, 0.25) is 0 Å². The van der Waals surface area contributed by atoms with Crippen LogP contribution >= 0.6 is 0 Å². The van der Waals surface area contributed by atoms with Crippen molar-refractivity contribution in [2.75, 3.05) is 13.1 Å². The Morgan fingerprint density at radius 2 is 2.12 bits per heavy atom. The third-order valence-corrected chi connectivity index (χ3v) is 3.07. The fraction of sp³-hybridized carbons (Fsp3) is 0.417. The molecule has 2 rings (SSSR count). The van der Waals surface area contributed by atoms with Gasteiger partial charge < -0.3 is 10.0 Å². The van der Waals surface area contributed by atoms with Gasteiger partial charge in [0.25, 0.3) is 5.91 Å². The number of benzene rings is 1. The molecule has 1 N–H and O–H groups in total. The number of rotatable bonds is 2. The lowest BCUT2D eigenvalue weighted by molar-refractivity contribution is -0.0827. The van der Waals surface area contributed by atoms with Crippen molar-refractivity contribution in [1.82, 2.24) is 4.90 Å². The molecule has 0 unspecified atom stereocenters. The molecule has 0 aliphatic carbocycles. The van der Waals surface area contributed by atoms with Crippen LogP contribution in [0.2, 0.25) is 0 Å². The Hall–Kier alpha value is -1.49. The molecule has 1 aliphatic heterocycles. The molecule has 5 heteroatoms. The van der Waals surface area contributed by atoms with E-state index in [0.29, 0.717) is 6.42 Å². The fourth-order valence-corrected chi connectivity index (χ4v) is 1.86. The summed E-state index contributed by atoms with van der Waals surface area (Å²) in [5.41, 5.74) is -1.16. The zero-order valence-electron chi connectivity index (χ0n) is 9.41. The van der Waals surface area contributed by atoms with E-state index in [1.165, 1.54) is 4.90 Å². The van der Waals surface area contributed by atoms with E-state index in [2.05, 4.69) is 0 Å². The summed E-state index contributed by atoms with van der Waals surface area (Å²) < 4.78 is 26.3. The van der Waals surface area contributed by atoms with E-state index in [4.69, 9.17) is 0 Å². The Labute approximate surface area is 97.7 Å². The number of likely N-dealkylation sites (tertiary alicyclic amines) is 1. The SMILES string of the molecule is CCC1(O)CN(C(=O)c2cc(F)ccc2F)C1. The molecule has 17 heavy (non-hydrogen) atoms. The molecular weight excluding hydrogens is 228 g/mol. The number of aliphatic hydroxyl groups is 1. The molecule has 0 bridgehead atoms. The van der Waals surface area contributed by atoms with Gasteiger partial charge in [-0.3, -0.25) is 4.79 Å². The first-order valence-corrected chi connectivity index (χ1v) is 5.42. The van der Waals surface area contributed by atoms with Crippen molar-refractivity contribution < 1.29 is 18.7 Å². The summed E-state index contributed by atoms with van der Waals surface area (Å²) in [6.07, 6.45) is 0.530. The highest BCUT2D eigenvalue weighted by Crippen LogP contribution is 2.26. The normalized spacial score (nSPS) is 17.8. The highest BCUT2D eigenvalue weighted by molar-refractivity contribution is 5.95. The summed E-state index contributed by atoms with van der Waals surface area (Å²) in [7, 11) is 0. The molecule has 0 saturated carbocycles. The number of hydrogen-bond donors (Lipinski definition) is 1. The van der Waals surface area contributed by atoms with Gasteiger partial charge in [-0.2, -0.15) is 0 Å². The van der Waals surface area contributed by atoms with Crippen LogP contribution in [-0.2, 0) is 0 Å². The van der Waals surface area contributed by atoms with Crippen molar-refractivity contribution in [3.8, 4) is 0 Å². The lowest BCUT2D eigenvalue weighted by Crippen LogP contribution is -2.63. The van der Waals surface area contributed by atoms with Crippen molar-refractivity contribution in [3.05, 3.63) is 35.4 Å². The van der Waals surface area contributed by atoms with Crippen molar-refractivity contribution in [3.63, 3.8) is 0 Å². The topological polar surface area (TPSA) is 40.5 Å². The number of carbonyl (C=O) groups is 1. The van der Waals surface area contributed by atoms with E-state index < -0.39 is 23.1 Å². The van der Waals surface area contributed by atoms with Gasteiger partial charge in [-0.25, -0.2) is 8.78 Å². The minimum atomic E-state index is -0.876. The predicted molar refractivity (Wildman–Crippen MR) is 57.5 cm³/mol. The monoisotopic (exact) mass is 241 g/mol. The lowest BCUT2D eigenvalue weighted by Gasteiger charge is -2.46. The van der Waals surface area contributed by atoms with Crippen molar-refractivity contribution in [2.45, 2.75) is 18.9 Å². The molecule has 0 atom stereocenters. The quantitative estimate of drug-likeness (QED) is 0.853. The molecule has 1 heterocycles. The van der Waals surface area contributed by atoms with Gasteiger partial charge in [-0.1, -0.05) is 6.92 Å². The Morgan fingerprint density at radius 1 is 1.47 bits per heavy atom. The highest BCUT2D eigenvalue weighted by Gasteiger charge is 2.42. The van der Waals surface area contributed by atoms with E-state index in [9.17, 15) is 18.7 Å². The zero-order chi connectivity index (χ0) is 12.6. The third-order valence-electron chi connectivity index (χ3n) is 3.07. The summed E-state index contributed by atoms with van der Waals surface area (Å²) in [4.78, 5) is 13.1. The minimum Gasteiger partial charge on any atom is -0.386 e. The van der Waals surface area contributed by atoms with E-state index >= 15 is 0 Å². The number of hydrogen-bond acceptors (Lipinski definition) is 2. The van der Waals surface area contributed by atoms with E-state index in [1.54, 1.807) is 0 Å². The van der Waals surface area contributed by atoms with Gasteiger partial charge in [0, 0.05) is 0 Å². The second-order valence-electron chi connectivity index (χ2n) is 4.36. The maximum absolute atomic E-state index is 13.3. The summed E-state index contributed by atoms with van der Waals surface area (Å²) in [5, 5.41) is 9.75. The lowest BCUT2D eigenvalue weighted by atomic mass is 9.90. The average molecular weight is 241 g/mol. The molecule has 0 spiro atoms. The summed E-state index contributed by atoms with van der Waals surface area (Å²) in [6, 6.07) is 2.76. The van der Waals surface area contributed by atoms with Crippen LogP contribution in [0.1, 0.15) is 23.7 Å². The van der Waals surface area contributed by atoms with Crippen LogP contribution in [-0.4, -0.2) is 34.6 Å². The second-order valence-corrected chi connectivity index (χ2v) is 4.36. The van der Waals surface area contributed by atoms with Crippen molar-refractivity contribution in [1.29, 1.82) is 0 Å². The largest absolute Gasteiger partial charge is 0.386 e. The number of carbonyl (C=O) groups excluding carboxylic acids is 1. The third kappa shape index (κ3) is 2.15. The van der Waals surface area contributed by atoms with Crippen LogP contribution in [0.15, 0.2) is 18.2 Å². The molecule has 1 saturated heterocycles. The Morgan fingerprint density at radius 3 is 2.71 bits per heavy atom. The van der Waals surface area contributed by atoms with Crippen molar-refractivity contribution >= 4 is 5.91 Å². The minimum absolute atomic E-state index is 0.165. The van der Waals surface area contributed by atoms with Gasteiger partial charge in [0.1, 0.15) is 11.6 Å². The molecule has 92 valence electrons. The van der Waals surface area contributed by atoms with E-state index in [-0.39, 0.29) is 18.7 Å². The molecule has 0 radical (unpaired) electrons. The first kappa shape index (κ1) is 12.0. The van der Waals surface area contributed by atoms with Gasteiger partial charge in [0.15, 0.2) is 0 Å². The standard InChI is InChI=1S/C12H13F2NO2/c1-2-12(17)6-15(7-12)11(16)9-5-8(13)3-4-10(9)14/h3-5,17H,2,6-7H2,1H3. The van der Waals surface area contributed by atoms with Crippen LogP contribution in [0.5, 0.6) is 0 Å². The van der Waals surface area contributed by atoms with E-state index in [0.717, 1.165) is 18.2 Å². The number of nitrogens with zero attached hydrogens (tertiary/aromatic N) is 1. The zero-order valence-corrected chi connectivity index (χ0v) is 9.41. The molecule has 1 amide bonds. The predicted octanol–water partition coefficient (Wildman–Crippen LogP) is 1.56.